The largest absolute Gasteiger partial charge is 0.370 e. The van der Waals surface area contributed by atoms with Gasteiger partial charge in [0.1, 0.15) is 5.69 Å². The van der Waals surface area contributed by atoms with Crippen LogP contribution in [0.2, 0.25) is 0 Å². The SMILES string of the molecule is N#Cc1ccc(CN2CCCN(c3ccnc(C(N)=O)c3)CC2)cc1. The third-order valence-electron chi connectivity index (χ3n) is 4.44. The van der Waals surface area contributed by atoms with Gasteiger partial charge in [-0.1, -0.05) is 12.1 Å². The van der Waals surface area contributed by atoms with Crippen LogP contribution in [-0.2, 0) is 6.54 Å². The highest BCUT2D eigenvalue weighted by Crippen LogP contribution is 2.18. The van der Waals surface area contributed by atoms with E-state index in [2.05, 4.69) is 20.9 Å². The van der Waals surface area contributed by atoms with Gasteiger partial charge in [0.2, 0.25) is 0 Å². The maximum Gasteiger partial charge on any atom is 0.267 e. The Labute approximate surface area is 147 Å². The number of nitrogens with two attached hydrogens (primary N) is 1. The summed E-state index contributed by atoms with van der Waals surface area (Å²) in [7, 11) is 0. The van der Waals surface area contributed by atoms with Crippen molar-refractivity contribution in [2.24, 2.45) is 5.73 Å². The number of rotatable bonds is 4. The van der Waals surface area contributed by atoms with Gasteiger partial charge >= 0.3 is 0 Å². The molecular formula is C19H21N5O. The fourth-order valence-corrected chi connectivity index (χ4v) is 3.08. The van der Waals surface area contributed by atoms with E-state index in [1.807, 2.05) is 30.3 Å². The van der Waals surface area contributed by atoms with Crippen molar-refractivity contribution in [3.05, 3.63) is 59.4 Å². The molecule has 0 saturated carbocycles. The molecular weight excluding hydrogens is 314 g/mol. The Hall–Kier alpha value is -2.91. The summed E-state index contributed by atoms with van der Waals surface area (Å²) in [6, 6.07) is 13.6. The number of aromatic nitrogens is 1. The number of nitrogens with zero attached hydrogens (tertiary/aromatic N) is 4. The Morgan fingerprint density at radius 1 is 1.16 bits per heavy atom. The lowest BCUT2D eigenvalue weighted by atomic mass is 10.1. The fraction of sp³-hybridized carbons (Fsp3) is 0.316. The molecule has 2 N–H and O–H groups in total. The predicted octanol–water partition coefficient (Wildman–Crippen LogP) is 1.76. The number of nitriles is 1. The molecule has 2 heterocycles. The second-order valence-electron chi connectivity index (χ2n) is 6.19. The van der Waals surface area contributed by atoms with Crippen LogP contribution in [-0.4, -0.2) is 42.0 Å². The van der Waals surface area contributed by atoms with Crippen LogP contribution in [0.4, 0.5) is 5.69 Å². The normalized spacial score (nSPS) is 15.4. The van der Waals surface area contributed by atoms with E-state index in [4.69, 9.17) is 11.0 Å². The highest BCUT2D eigenvalue weighted by Gasteiger charge is 2.16. The Morgan fingerprint density at radius 2 is 1.96 bits per heavy atom. The number of pyridine rings is 1. The average molecular weight is 335 g/mol. The topological polar surface area (TPSA) is 86.2 Å². The van der Waals surface area contributed by atoms with Crippen LogP contribution in [0.5, 0.6) is 0 Å². The predicted molar refractivity (Wildman–Crippen MR) is 96.0 cm³/mol. The Balaban J connectivity index is 1.63. The summed E-state index contributed by atoms with van der Waals surface area (Å²) in [5, 5.41) is 8.88. The van der Waals surface area contributed by atoms with Crippen LogP contribution in [0.15, 0.2) is 42.6 Å². The molecule has 1 fully saturated rings. The van der Waals surface area contributed by atoms with E-state index in [1.165, 1.54) is 5.56 Å². The molecule has 0 unspecified atom stereocenters. The molecule has 6 nitrogen and oxygen atoms in total. The number of hydrogen-bond donors (Lipinski definition) is 1. The fourth-order valence-electron chi connectivity index (χ4n) is 3.08. The number of anilines is 1. The molecule has 1 aliphatic rings. The minimum Gasteiger partial charge on any atom is -0.370 e. The molecule has 3 rings (SSSR count). The van der Waals surface area contributed by atoms with Crippen molar-refractivity contribution < 1.29 is 4.79 Å². The van der Waals surface area contributed by atoms with Gasteiger partial charge in [0, 0.05) is 44.6 Å². The summed E-state index contributed by atoms with van der Waals surface area (Å²) in [5.74, 6) is -0.501. The van der Waals surface area contributed by atoms with Gasteiger partial charge in [0.05, 0.1) is 11.6 Å². The number of carbonyl (C=O) groups is 1. The monoisotopic (exact) mass is 335 g/mol. The van der Waals surface area contributed by atoms with E-state index < -0.39 is 5.91 Å². The van der Waals surface area contributed by atoms with E-state index >= 15 is 0 Å². The molecule has 1 amide bonds. The number of carbonyl (C=O) groups excluding carboxylic acids is 1. The molecule has 128 valence electrons. The number of primary amides is 1. The molecule has 25 heavy (non-hydrogen) atoms. The van der Waals surface area contributed by atoms with Crippen molar-refractivity contribution in [3.63, 3.8) is 0 Å². The maximum atomic E-state index is 11.3. The molecule has 0 radical (unpaired) electrons. The number of benzene rings is 1. The molecule has 0 atom stereocenters. The van der Waals surface area contributed by atoms with Gasteiger partial charge in [-0.3, -0.25) is 14.7 Å². The van der Waals surface area contributed by atoms with Crippen LogP contribution >= 0.6 is 0 Å². The van der Waals surface area contributed by atoms with Crippen LogP contribution in [0.3, 0.4) is 0 Å². The minimum absolute atomic E-state index is 0.302. The Kier molecular flexibility index (Phi) is 5.26. The van der Waals surface area contributed by atoms with Crippen molar-refractivity contribution in [1.82, 2.24) is 9.88 Å². The lowest BCUT2D eigenvalue weighted by Gasteiger charge is -2.24. The summed E-state index contributed by atoms with van der Waals surface area (Å²) in [5.41, 5.74) is 8.52. The molecule has 0 bridgehead atoms. The van der Waals surface area contributed by atoms with Crippen LogP contribution in [0.1, 0.15) is 28.0 Å². The lowest BCUT2D eigenvalue weighted by molar-refractivity contribution is 0.0995. The third kappa shape index (κ3) is 4.34. The summed E-state index contributed by atoms with van der Waals surface area (Å²) in [6.45, 7) is 4.66. The molecule has 1 aromatic carbocycles. The first kappa shape index (κ1) is 16.9. The molecule has 1 aromatic heterocycles. The highest BCUT2D eigenvalue weighted by atomic mass is 16.1. The van der Waals surface area contributed by atoms with Crippen molar-refractivity contribution in [2.45, 2.75) is 13.0 Å². The second kappa shape index (κ2) is 7.77. The Bertz CT molecular complexity index is 781. The van der Waals surface area contributed by atoms with Gasteiger partial charge in [-0.15, -0.1) is 0 Å². The standard InChI is InChI=1S/C19H21N5O/c20-13-15-2-4-16(5-3-15)14-23-8-1-9-24(11-10-23)17-6-7-22-18(12-17)19(21)25/h2-7,12H,1,8-11,14H2,(H2,21,25). The average Bonchev–Trinajstić information content (AvgIpc) is 2.88. The first-order chi connectivity index (χ1) is 12.2. The molecule has 2 aromatic rings. The molecule has 1 aliphatic heterocycles. The van der Waals surface area contributed by atoms with Crippen LogP contribution < -0.4 is 10.6 Å². The summed E-state index contributed by atoms with van der Waals surface area (Å²) in [6.07, 6.45) is 2.68. The Morgan fingerprint density at radius 3 is 2.68 bits per heavy atom. The first-order valence-corrected chi connectivity index (χ1v) is 8.38. The third-order valence-corrected chi connectivity index (χ3v) is 4.44. The van der Waals surface area contributed by atoms with E-state index in [0.29, 0.717) is 11.3 Å². The lowest BCUT2D eigenvalue weighted by Crippen LogP contribution is -2.30. The van der Waals surface area contributed by atoms with E-state index in [-0.39, 0.29) is 0 Å². The molecule has 0 aliphatic carbocycles. The van der Waals surface area contributed by atoms with Gasteiger partial charge in [0.15, 0.2) is 0 Å². The van der Waals surface area contributed by atoms with Crippen molar-refractivity contribution >= 4 is 11.6 Å². The molecule has 6 heteroatoms. The van der Waals surface area contributed by atoms with Crippen LogP contribution in [0, 0.1) is 11.3 Å². The van der Waals surface area contributed by atoms with Crippen molar-refractivity contribution in [2.75, 3.05) is 31.1 Å². The van der Waals surface area contributed by atoms with Gasteiger partial charge in [-0.05, 0) is 36.2 Å². The van der Waals surface area contributed by atoms with E-state index in [1.54, 1.807) is 12.3 Å². The van der Waals surface area contributed by atoms with E-state index in [0.717, 1.165) is 44.8 Å². The summed E-state index contributed by atoms with van der Waals surface area (Å²) >= 11 is 0. The maximum absolute atomic E-state index is 11.3. The molecule has 0 spiro atoms. The number of hydrogen-bond acceptors (Lipinski definition) is 5. The van der Waals surface area contributed by atoms with E-state index in [9.17, 15) is 4.79 Å². The van der Waals surface area contributed by atoms with Gasteiger partial charge < -0.3 is 10.6 Å². The number of amides is 1. The van der Waals surface area contributed by atoms with Crippen molar-refractivity contribution in [3.8, 4) is 6.07 Å². The zero-order chi connectivity index (χ0) is 17.6. The zero-order valence-corrected chi connectivity index (χ0v) is 14.1. The van der Waals surface area contributed by atoms with Gasteiger partial charge in [0.25, 0.3) is 5.91 Å². The summed E-state index contributed by atoms with van der Waals surface area (Å²) in [4.78, 5) is 20.0. The summed E-state index contributed by atoms with van der Waals surface area (Å²) < 4.78 is 0. The zero-order valence-electron chi connectivity index (χ0n) is 14.1. The second-order valence-corrected chi connectivity index (χ2v) is 6.19. The van der Waals surface area contributed by atoms with Crippen LogP contribution in [0.25, 0.3) is 0 Å². The van der Waals surface area contributed by atoms with Gasteiger partial charge in [-0.2, -0.15) is 5.26 Å². The first-order valence-electron chi connectivity index (χ1n) is 8.38. The quantitative estimate of drug-likeness (QED) is 0.920. The van der Waals surface area contributed by atoms with Gasteiger partial charge in [-0.25, -0.2) is 0 Å². The highest BCUT2D eigenvalue weighted by molar-refractivity contribution is 5.91. The smallest absolute Gasteiger partial charge is 0.267 e. The molecule has 1 saturated heterocycles. The van der Waals surface area contributed by atoms with Crippen molar-refractivity contribution in [1.29, 1.82) is 5.26 Å². The minimum atomic E-state index is -0.501.